The molecule has 36 heavy (non-hydrogen) atoms. The monoisotopic (exact) mass is 486 g/mol. The highest BCUT2D eigenvalue weighted by molar-refractivity contribution is 5.89. The number of amides is 2. The van der Waals surface area contributed by atoms with Gasteiger partial charge in [0, 0.05) is 27.1 Å². The van der Waals surface area contributed by atoms with Gasteiger partial charge in [0.2, 0.25) is 5.91 Å². The summed E-state index contributed by atoms with van der Waals surface area (Å²) in [5.41, 5.74) is 5.29. The highest BCUT2D eigenvalue weighted by Crippen LogP contribution is 2.44. The molecule has 0 bridgehead atoms. The van der Waals surface area contributed by atoms with E-state index in [-0.39, 0.29) is 31.5 Å². The van der Waals surface area contributed by atoms with Crippen LogP contribution in [0.4, 0.5) is 4.79 Å². The van der Waals surface area contributed by atoms with Gasteiger partial charge in [-0.1, -0.05) is 78.9 Å². The number of carbonyl (C=O) groups is 3. The van der Waals surface area contributed by atoms with Crippen LogP contribution in [0.1, 0.15) is 29.0 Å². The van der Waals surface area contributed by atoms with E-state index in [1.165, 1.54) is 16.8 Å². The Labute approximate surface area is 211 Å². The summed E-state index contributed by atoms with van der Waals surface area (Å²) >= 11 is 0. The number of ether oxygens (including phenoxy) is 2. The molecule has 0 aliphatic heterocycles. The maximum Gasteiger partial charge on any atom is 0.410 e. The molecule has 2 amide bonds. The van der Waals surface area contributed by atoms with Crippen molar-refractivity contribution in [3.63, 3.8) is 0 Å². The fourth-order valence-electron chi connectivity index (χ4n) is 4.47. The van der Waals surface area contributed by atoms with Crippen LogP contribution in [-0.2, 0) is 25.7 Å². The Morgan fingerprint density at radius 3 is 1.92 bits per heavy atom. The number of esters is 1. The van der Waals surface area contributed by atoms with Crippen LogP contribution in [0.5, 0.6) is 0 Å². The third-order valence-corrected chi connectivity index (χ3v) is 6.42. The van der Waals surface area contributed by atoms with Gasteiger partial charge in [-0.15, -0.1) is 0 Å². The summed E-state index contributed by atoms with van der Waals surface area (Å²) in [5, 5.41) is 0. The number of benzene rings is 3. The first-order valence-corrected chi connectivity index (χ1v) is 11.9. The van der Waals surface area contributed by atoms with Crippen molar-refractivity contribution in [2.24, 2.45) is 0 Å². The molecule has 0 N–H and O–H groups in total. The average Bonchev–Trinajstić information content (AvgIpc) is 3.22. The molecule has 0 spiro atoms. The molecule has 0 heterocycles. The number of rotatable bonds is 8. The number of hydrogen-bond donors (Lipinski definition) is 0. The van der Waals surface area contributed by atoms with Gasteiger partial charge in [-0.3, -0.25) is 14.5 Å². The molecule has 7 heteroatoms. The third-order valence-electron chi connectivity index (χ3n) is 6.42. The van der Waals surface area contributed by atoms with Crippen molar-refractivity contribution in [1.82, 2.24) is 9.80 Å². The third kappa shape index (κ3) is 5.40. The van der Waals surface area contributed by atoms with Gasteiger partial charge in [0.25, 0.3) is 0 Å². The number of hydrogen-bond acceptors (Lipinski definition) is 5. The second kappa shape index (κ2) is 11.1. The zero-order valence-electron chi connectivity index (χ0n) is 20.7. The predicted molar refractivity (Wildman–Crippen MR) is 136 cm³/mol. The van der Waals surface area contributed by atoms with E-state index in [1.54, 1.807) is 14.1 Å². The second-order valence-electron chi connectivity index (χ2n) is 9.01. The molecule has 1 unspecified atom stereocenters. The van der Waals surface area contributed by atoms with Gasteiger partial charge in [-0.05, 0) is 27.8 Å². The van der Waals surface area contributed by atoms with Gasteiger partial charge in [-0.25, -0.2) is 4.79 Å². The van der Waals surface area contributed by atoms with E-state index < -0.39 is 18.1 Å². The summed E-state index contributed by atoms with van der Waals surface area (Å²) in [6, 6.07) is 24.4. The van der Waals surface area contributed by atoms with Crippen molar-refractivity contribution in [1.29, 1.82) is 0 Å². The molecule has 0 fully saturated rings. The zero-order valence-corrected chi connectivity index (χ0v) is 20.7. The van der Waals surface area contributed by atoms with E-state index in [0.717, 1.165) is 27.8 Å². The maximum absolute atomic E-state index is 13.0. The van der Waals surface area contributed by atoms with Gasteiger partial charge in [-0.2, -0.15) is 0 Å². The molecule has 3 aromatic carbocycles. The largest absolute Gasteiger partial charge is 0.461 e. The molecule has 4 rings (SSSR count). The van der Waals surface area contributed by atoms with Gasteiger partial charge >= 0.3 is 12.1 Å². The molecule has 186 valence electrons. The lowest BCUT2D eigenvalue weighted by atomic mass is 9.98. The van der Waals surface area contributed by atoms with Gasteiger partial charge in [0.15, 0.2) is 0 Å². The van der Waals surface area contributed by atoms with E-state index in [2.05, 4.69) is 12.1 Å². The van der Waals surface area contributed by atoms with Crippen LogP contribution in [0.2, 0.25) is 0 Å². The summed E-state index contributed by atoms with van der Waals surface area (Å²) in [6.45, 7) is 0.218. The molecular weight excluding hydrogens is 456 g/mol. The van der Waals surface area contributed by atoms with Crippen LogP contribution < -0.4 is 0 Å². The molecule has 0 aromatic heterocycles. The molecule has 0 radical (unpaired) electrons. The Bertz CT molecular complexity index is 1200. The van der Waals surface area contributed by atoms with Gasteiger partial charge < -0.3 is 14.4 Å². The van der Waals surface area contributed by atoms with Crippen LogP contribution in [0.15, 0.2) is 78.9 Å². The SMILES string of the molecule is CN(C)C(=O)C(CC(=O)OCc1ccccc1)N(C)C(=O)OCC1c2ccccc2-c2ccccc21. The maximum atomic E-state index is 13.0. The molecule has 1 aliphatic carbocycles. The van der Waals surface area contributed by atoms with Crippen LogP contribution in [-0.4, -0.2) is 61.6 Å². The van der Waals surface area contributed by atoms with Crippen LogP contribution >= 0.6 is 0 Å². The number of fused-ring (bicyclic) bond motifs is 3. The van der Waals surface area contributed by atoms with Crippen molar-refractivity contribution >= 4 is 18.0 Å². The normalized spacial score (nSPS) is 12.8. The summed E-state index contributed by atoms with van der Waals surface area (Å²) < 4.78 is 11.0. The summed E-state index contributed by atoms with van der Waals surface area (Å²) in [5.74, 6) is -1.06. The minimum atomic E-state index is -1.04. The van der Waals surface area contributed by atoms with E-state index in [1.807, 2.05) is 66.7 Å². The smallest absolute Gasteiger partial charge is 0.410 e. The quantitative estimate of drug-likeness (QED) is 0.440. The number of carbonyl (C=O) groups excluding carboxylic acids is 3. The number of likely N-dealkylation sites (N-methyl/N-ethyl adjacent to an activating group) is 2. The Morgan fingerprint density at radius 2 is 1.33 bits per heavy atom. The highest BCUT2D eigenvalue weighted by atomic mass is 16.6. The molecule has 0 saturated carbocycles. The van der Waals surface area contributed by atoms with Crippen LogP contribution in [0.3, 0.4) is 0 Å². The Morgan fingerprint density at radius 1 is 0.778 bits per heavy atom. The summed E-state index contributed by atoms with van der Waals surface area (Å²) in [6.07, 6.45) is -0.946. The van der Waals surface area contributed by atoms with E-state index >= 15 is 0 Å². The number of nitrogens with zero attached hydrogens (tertiary/aromatic N) is 2. The lowest BCUT2D eigenvalue weighted by molar-refractivity contribution is -0.149. The van der Waals surface area contributed by atoms with E-state index in [0.29, 0.717) is 0 Å². The first-order valence-electron chi connectivity index (χ1n) is 11.9. The van der Waals surface area contributed by atoms with E-state index in [9.17, 15) is 14.4 Å². The summed E-state index contributed by atoms with van der Waals surface area (Å²) in [4.78, 5) is 41.0. The van der Waals surface area contributed by atoms with Crippen molar-refractivity contribution in [2.75, 3.05) is 27.7 Å². The van der Waals surface area contributed by atoms with Crippen LogP contribution in [0, 0.1) is 0 Å². The summed E-state index contributed by atoms with van der Waals surface area (Å²) in [7, 11) is 4.63. The second-order valence-corrected chi connectivity index (χ2v) is 9.01. The molecule has 7 nitrogen and oxygen atoms in total. The lowest BCUT2D eigenvalue weighted by Gasteiger charge is -2.28. The minimum Gasteiger partial charge on any atom is -0.461 e. The molecule has 1 atom stereocenters. The van der Waals surface area contributed by atoms with Gasteiger partial charge in [0.05, 0.1) is 6.42 Å². The van der Waals surface area contributed by atoms with Crippen molar-refractivity contribution in [3.05, 3.63) is 95.6 Å². The fraction of sp³-hybridized carbons (Fsp3) is 0.276. The van der Waals surface area contributed by atoms with Crippen LogP contribution in [0.25, 0.3) is 11.1 Å². The minimum absolute atomic E-state index is 0.0945. The lowest BCUT2D eigenvalue weighted by Crippen LogP contribution is -2.48. The Balaban J connectivity index is 1.42. The molecular formula is C29H30N2O5. The predicted octanol–water partition coefficient (Wildman–Crippen LogP) is 4.46. The Hall–Kier alpha value is -4.13. The average molecular weight is 487 g/mol. The zero-order chi connectivity index (χ0) is 25.7. The fourth-order valence-corrected chi connectivity index (χ4v) is 4.47. The molecule has 3 aromatic rings. The van der Waals surface area contributed by atoms with E-state index in [4.69, 9.17) is 9.47 Å². The van der Waals surface area contributed by atoms with Crippen molar-refractivity contribution in [3.8, 4) is 11.1 Å². The first-order chi connectivity index (χ1) is 17.4. The van der Waals surface area contributed by atoms with Gasteiger partial charge in [0.1, 0.15) is 19.3 Å². The molecule has 0 saturated heterocycles. The molecule has 1 aliphatic rings. The van der Waals surface area contributed by atoms with Crippen molar-refractivity contribution < 1.29 is 23.9 Å². The Kier molecular flexibility index (Phi) is 7.68. The highest BCUT2D eigenvalue weighted by Gasteiger charge is 2.34. The topological polar surface area (TPSA) is 76.2 Å². The van der Waals surface area contributed by atoms with Crippen molar-refractivity contribution in [2.45, 2.75) is 25.0 Å². The first kappa shape index (κ1) is 25.0. The standard InChI is InChI=1S/C29H30N2O5/c1-30(2)28(33)26(17-27(32)35-18-20-11-5-4-6-12-20)31(3)29(34)36-19-25-23-15-9-7-13-21(23)22-14-8-10-16-24(22)25/h4-16,25-26H,17-19H2,1-3H3.